The number of aliphatic imine (C=N–C) groups is 1. The van der Waals surface area contributed by atoms with Crippen LogP contribution in [0.3, 0.4) is 0 Å². The third-order valence-electron chi connectivity index (χ3n) is 4.94. The van der Waals surface area contributed by atoms with Crippen molar-refractivity contribution in [2.75, 3.05) is 7.05 Å². The van der Waals surface area contributed by atoms with E-state index in [4.69, 9.17) is 0 Å². The summed E-state index contributed by atoms with van der Waals surface area (Å²) >= 11 is 3.43. The van der Waals surface area contributed by atoms with Gasteiger partial charge in [0.25, 0.3) is 0 Å². The molecule has 1 fully saturated rings. The average molecular weight is 401 g/mol. The van der Waals surface area contributed by atoms with Gasteiger partial charge in [-0.15, -0.1) is 0 Å². The zero-order valence-corrected chi connectivity index (χ0v) is 16.2. The van der Waals surface area contributed by atoms with Crippen LogP contribution in [-0.4, -0.2) is 29.3 Å². The highest BCUT2D eigenvalue weighted by atomic mass is 79.9. The van der Waals surface area contributed by atoms with Crippen molar-refractivity contribution in [2.24, 2.45) is 4.99 Å². The normalized spacial score (nSPS) is 16.0. The molecule has 4 heteroatoms. The predicted molar refractivity (Wildman–Crippen MR) is 108 cm³/mol. The summed E-state index contributed by atoms with van der Waals surface area (Å²) in [5, 5.41) is 9.98. The number of benzene rings is 2. The standard InChI is InChI=1S/C21H25BrN2O/c1-24(19-8-3-2-4-9-19)15-16-7-5-6-10-20(16)23-14-17-13-18(22)11-12-21(17)25/h5-7,10-14,19,25H,2-4,8-9,15H2,1H3. The summed E-state index contributed by atoms with van der Waals surface area (Å²) in [5.41, 5.74) is 2.90. The van der Waals surface area contributed by atoms with E-state index < -0.39 is 0 Å². The van der Waals surface area contributed by atoms with Crippen LogP contribution in [0.4, 0.5) is 5.69 Å². The third kappa shape index (κ3) is 4.93. The van der Waals surface area contributed by atoms with Gasteiger partial charge in [-0.25, -0.2) is 0 Å². The number of nitrogens with zero attached hydrogens (tertiary/aromatic N) is 2. The quantitative estimate of drug-likeness (QED) is 0.656. The molecular weight excluding hydrogens is 376 g/mol. The van der Waals surface area contributed by atoms with Crippen LogP contribution in [0.15, 0.2) is 51.9 Å². The smallest absolute Gasteiger partial charge is 0.124 e. The Morgan fingerprint density at radius 3 is 2.72 bits per heavy atom. The van der Waals surface area contributed by atoms with Gasteiger partial charge < -0.3 is 5.11 Å². The fraction of sp³-hybridized carbons (Fsp3) is 0.381. The van der Waals surface area contributed by atoms with E-state index in [-0.39, 0.29) is 5.75 Å². The largest absolute Gasteiger partial charge is 0.507 e. The molecule has 0 saturated heterocycles. The molecule has 0 aromatic heterocycles. The van der Waals surface area contributed by atoms with E-state index in [2.05, 4.69) is 45.0 Å². The number of hydrogen-bond donors (Lipinski definition) is 1. The zero-order valence-electron chi connectivity index (χ0n) is 14.7. The van der Waals surface area contributed by atoms with Crippen molar-refractivity contribution in [3.05, 3.63) is 58.1 Å². The summed E-state index contributed by atoms with van der Waals surface area (Å²) in [7, 11) is 2.22. The Morgan fingerprint density at radius 1 is 1.16 bits per heavy atom. The number of phenols is 1. The summed E-state index contributed by atoms with van der Waals surface area (Å²) in [4.78, 5) is 7.11. The van der Waals surface area contributed by atoms with Gasteiger partial charge in [-0.05, 0) is 49.7 Å². The number of rotatable bonds is 5. The molecule has 132 valence electrons. The lowest BCUT2D eigenvalue weighted by Crippen LogP contribution is -2.32. The summed E-state index contributed by atoms with van der Waals surface area (Å²) in [6.45, 7) is 0.905. The minimum Gasteiger partial charge on any atom is -0.507 e. The maximum Gasteiger partial charge on any atom is 0.124 e. The van der Waals surface area contributed by atoms with Crippen LogP contribution in [0.25, 0.3) is 0 Å². The highest BCUT2D eigenvalue weighted by Gasteiger charge is 2.18. The molecule has 3 nitrogen and oxygen atoms in total. The van der Waals surface area contributed by atoms with Crippen molar-refractivity contribution in [1.82, 2.24) is 4.90 Å². The minimum absolute atomic E-state index is 0.240. The Bertz CT molecular complexity index is 738. The van der Waals surface area contributed by atoms with Gasteiger partial charge in [-0.1, -0.05) is 53.4 Å². The number of hydrogen-bond acceptors (Lipinski definition) is 3. The number of para-hydroxylation sites is 1. The van der Waals surface area contributed by atoms with Crippen LogP contribution in [0.1, 0.15) is 43.2 Å². The fourth-order valence-electron chi connectivity index (χ4n) is 3.46. The second-order valence-corrected chi connectivity index (χ2v) is 7.71. The first-order valence-electron chi connectivity index (χ1n) is 8.94. The molecule has 0 heterocycles. The van der Waals surface area contributed by atoms with E-state index in [1.165, 1.54) is 37.7 Å². The molecule has 0 atom stereocenters. The minimum atomic E-state index is 0.240. The van der Waals surface area contributed by atoms with Crippen molar-refractivity contribution >= 4 is 27.8 Å². The Morgan fingerprint density at radius 2 is 1.92 bits per heavy atom. The summed E-state index contributed by atoms with van der Waals surface area (Å²) < 4.78 is 0.928. The molecule has 0 radical (unpaired) electrons. The molecule has 1 aliphatic carbocycles. The van der Waals surface area contributed by atoms with Gasteiger partial charge in [0.1, 0.15) is 5.75 Å². The van der Waals surface area contributed by atoms with Gasteiger partial charge in [-0.3, -0.25) is 9.89 Å². The van der Waals surface area contributed by atoms with Crippen molar-refractivity contribution in [3.8, 4) is 5.75 Å². The van der Waals surface area contributed by atoms with Crippen LogP contribution in [0.5, 0.6) is 5.75 Å². The van der Waals surface area contributed by atoms with Crippen LogP contribution in [-0.2, 0) is 6.54 Å². The number of aromatic hydroxyl groups is 1. The molecule has 0 aliphatic heterocycles. The van der Waals surface area contributed by atoms with E-state index in [0.29, 0.717) is 11.6 Å². The SMILES string of the molecule is CN(Cc1ccccc1N=Cc1cc(Br)ccc1O)C1CCCCC1. The molecule has 25 heavy (non-hydrogen) atoms. The molecule has 2 aromatic carbocycles. The predicted octanol–water partition coefficient (Wildman–Crippen LogP) is 5.67. The van der Waals surface area contributed by atoms with Crippen LogP contribution in [0, 0.1) is 0 Å². The van der Waals surface area contributed by atoms with E-state index in [1.54, 1.807) is 12.3 Å². The number of halogens is 1. The second kappa shape index (κ2) is 8.63. The molecule has 1 aliphatic rings. The molecule has 0 bridgehead atoms. The Kier molecular flexibility index (Phi) is 6.27. The first-order chi connectivity index (χ1) is 12.1. The van der Waals surface area contributed by atoms with Gasteiger partial charge in [-0.2, -0.15) is 0 Å². The summed E-state index contributed by atoms with van der Waals surface area (Å²) in [6.07, 6.45) is 8.40. The Hall–Kier alpha value is -1.65. The molecule has 2 aromatic rings. The van der Waals surface area contributed by atoms with Gasteiger partial charge in [0.05, 0.1) is 5.69 Å². The molecule has 1 N–H and O–H groups in total. The van der Waals surface area contributed by atoms with Crippen LogP contribution in [0.2, 0.25) is 0 Å². The first-order valence-corrected chi connectivity index (χ1v) is 9.73. The maximum absolute atomic E-state index is 9.98. The highest BCUT2D eigenvalue weighted by Crippen LogP contribution is 2.27. The monoisotopic (exact) mass is 400 g/mol. The average Bonchev–Trinajstić information content (AvgIpc) is 2.64. The zero-order chi connectivity index (χ0) is 17.6. The van der Waals surface area contributed by atoms with Gasteiger partial charge in [0, 0.05) is 28.8 Å². The molecular formula is C21H25BrN2O. The lowest BCUT2D eigenvalue weighted by atomic mass is 9.94. The maximum atomic E-state index is 9.98. The van der Waals surface area contributed by atoms with Gasteiger partial charge in [0.15, 0.2) is 0 Å². The summed E-state index contributed by atoms with van der Waals surface area (Å²) in [6, 6.07) is 14.3. The Labute approximate surface area is 158 Å². The second-order valence-electron chi connectivity index (χ2n) is 6.80. The summed E-state index contributed by atoms with van der Waals surface area (Å²) in [5.74, 6) is 0.240. The first kappa shape index (κ1) is 18.2. The fourth-order valence-corrected chi connectivity index (χ4v) is 3.84. The molecule has 3 rings (SSSR count). The lowest BCUT2D eigenvalue weighted by Gasteiger charge is -2.31. The van der Waals surface area contributed by atoms with E-state index in [1.807, 2.05) is 24.3 Å². The van der Waals surface area contributed by atoms with Gasteiger partial charge >= 0.3 is 0 Å². The van der Waals surface area contributed by atoms with Crippen molar-refractivity contribution < 1.29 is 5.11 Å². The molecule has 1 saturated carbocycles. The molecule has 0 spiro atoms. The van der Waals surface area contributed by atoms with Crippen LogP contribution >= 0.6 is 15.9 Å². The third-order valence-corrected chi connectivity index (χ3v) is 5.43. The van der Waals surface area contributed by atoms with Crippen molar-refractivity contribution in [1.29, 1.82) is 0 Å². The highest BCUT2D eigenvalue weighted by molar-refractivity contribution is 9.10. The van der Waals surface area contributed by atoms with Crippen molar-refractivity contribution in [2.45, 2.75) is 44.7 Å². The lowest BCUT2D eigenvalue weighted by molar-refractivity contribution is 0.185. The van der Waals surface area contributed by atoms with E-state index >= 15 is 0 Å². The van der Waals surface area contributed by atoms with E-state index in [9.17, 15) is 5.11 Å². The Balaban J connectivity index is 1.76. The van der Waals surface area contributed by atoms with Crippen LogP contribution < -0.4 is 0 Å². The molecule has 0 amide bonds. The van der Waals surface area contributed by atoms with Gasteiger partial charge in [0.2, 0.25) is 0 Å². The number of phenolic OH excluding ortho intramolecular Hbond substituents is 1. The molecule has 0 unspecified atom stereocenters. The van der Waals surface area contributed by atoms with Crippen molar-refractivity contribution in [3.63, 3.8) is 0 Å². The topological polar surface area (TPSA) is 35.8 Å². The van der Waals surface area contributed by atoms with E-state index in [0.717, 1.165) is 16.7 Å².